The number of hydrogen-bond donors (Lipinski definition) is 2. The zero-order valence-corrected chi connectivity index (χ0v) is 7.87. The molecule has 0 aromatic carbocycles. The largest absolute Gasteiger partial charge is 0.310 e. The fraction of sp³-hybridized carbons (Fsp3) is 0.800. The Bertz CT molecular complexity index is 234. The molecule has 0 bridgehead atoms. The lowest BCUT2D eigenvalue weighted by molar-refractivity contribution is 0.367. The second-order valence-electron chi connectivity index (χ2n) is 2.34. The van der Waals surface area contributed by atoms with Crippen LogP contribution < -0.4 is 5.43 Å². The number of nitrogens with zero attached hydrogens (tertiary/aromatic N) is 2. The standard InChI is InChI=1S/C5H13N3O3S/c1-8(2)7-5-6-3-4-12(9,10)11/h5H,3-4H2,1-2H3,(H,6,7)(H,9,10,11). The molecule has 0 spiro atoms. The van der Waals surface area contributed by atoms with Gasteiger partial charge < -0.3 is 5.43 Å². The Morgan fingerprint density at radius 1 is 1.58 bits per heavy atom. The fourth-order valence-electron chi connectivity index (χ4n) is 0.389. The maximum Gasteiger partial charge on any atom is 0.266 e. The molecule has 0 amide bonds. The summed E-state index contributed by atoms with van der Waals surface area (Å²) < 4.78 is 28.7. The summed E-state index contributed by atoms with van der Waals surface area (Å²) in [4.78, 5) is 3.68. The molecule has 0 radical (unpaired) electrons. The Hall–Kier alpha value is -0.660. The molecule has 0 unspecified atom stereocenters. The normalized spacial score (nSPS) is 12.7. The Morgan fingerprint density at radius 3 is 2.58 bits per heavy atom. The van der Waals surface area contributed by atoms with E-state index in [1.807, 2.05) is 0 Å². The molecule has 0 aliphatic heterocycles. The topological polar surface area (TPSA) is 82.0 Å². The summed E-state index contributed by atoms with van der Waals surface area (Å²) in [7, 11) is -0.335. The second-order valence-corrected chi connectivity index (χ2v) is 3.92. The summed E-state index contributed by atoms with van der Waals surface area (Å²) in [6.07, 6.45) is 1.37. The van der Waals surface area contributed by atoms with Crippen LogP contribution in [0.5, 0.6) is 0 Å². The van der Waals surface area contributed by atoms with Gasteiger partial charge in [0.2, 0.25) is 0 Å². The molecule has 0 fully saturated rings. The Morgan fingerprint density at radius 2 is 2.17 bits per heavy atom. The van der Waals surface area contributed by atoms with Crippen molar-refractivity contribution in [2.24, 2.45) is 4.99 Å². The molecule has 72 valence electrons. The molecule has 0 aromatic rings. The van der Waals surface area contributed by atoms with Gasteiger partial charge >= 0.3 is 0 Å². The Balaban J connectivity index is 3.50. The van der Waals surface area contributed by atoms with Crippen LogP contribution in [-0.2, 0) is 10.1 Å². The van der Waals surface area contributed by atoms with Gasteiger partial charge in [-0.1, -0.05) is 0 Å². The van der Waals surface area contributed by atoms with Crippen LogP contribution in [0.3, 0.4) is 0 Å². The molecule has 6 nitrogen and oxygen atoms in total. The van der Waals surface area contributed by atoms with Gasteiger partial charge in [0.15, 0.2) is 0 Å². The van der Waals surface area contributed by atoms with E-state index >= 15 is 0 Å². The minimum Gasteiger partial charge on any atom is -0.310 e. The van der Waals surface area contributed by atoms with Gasteiger partial charge in [-0.2, -0.15) is 8.42 Å². The first-order valence-electron chi connectivity index (χ1n) is 3.29. The molecule has 0 aliphatic rings. The van der Waals surface area contributed by atoms with Crippen LogP contribution in [-0.4, -0.2) is 50.7 Å². The maximum atomic E-state index is 10.2. The van der Waals surface area contributed by atoms with E-state index in [-0.39, 0.29) is 12.3 Å². The minimum atomic E-state index is -3.88. The van der Waals surface area contributed by atoms with Gasteiger partial charge in [0.05, 0.1) is 18.6 Å². The summed E-state index contributed by atoms with van der Waals surface area (Å²) in [5.74, 6) is -0.349. The van der Waals surface area contributed by atoms with E-state index < -0.39 is 10.1 Å². The lowest BCUT2D eigenvalue weighted by atomic mass is 10.8. The molecule has 0 atom stereocenters. The molecule has 12 heavy (non-hydrogen) atoms. The van der Waals surface area contributed by atoms with Gasteiger partial charge in [-0.25, -0.2) is 5.01 Å². The SMILES string of the molecule is CN(C)NC=NCCS(=O)(=O)O. The van der Waals surface area contributed by atoms with Crippen molar-refractivity contribution in [2.75, 3.05) is 26.4 Å². The predicted octanol–water partition coefficient (Wildman–Crippen LogP) is -1.03. The van der Waals surface area contributed by atoms with Crippen molar-refractivity contribution in [3.05, 3.63) is 0 Å². The minimum absolute atomic E-state index is 0.0552. The highest BCUT2D eigenvalue weighted by atomic mass is 32.2. The number of hydrazine groups is 1. The third kappa shape index (κ3) is 9.34. The molecule has 0 heterocycles. The van der Waals surface area contributed by atoms with E-state index in [1.54, 1.807) is 19.1 Å². The van der Waals surface area contributed by atoms with E-state index in [0.29, 0.717) is 0 Å². The molecular weight excluding hydrogens is 182 g/mol. The van der Waals surface area contributed by atoms with Crippen molar-refractivity contribution in [3.8, 4) is 0 Å². The smallest absolute Gasteiger partial charge is 0.266 e. The highest BCUT2D eigenvalue weighted by Crippen LogP contribution is 1.80. The van der Waals surface area contributed by atoms with Gasteiger partial charge in [0, 0.05) is 14.1 Å². The number of hydrogen-bond acceptors (Lipinski definition) is 4. The highest BCUT2D eigenvalue weighted by Gasteiger charge is 2.00. The van der Waals surface area contributed by atoms with Crippen LogP contribution in [0.4, 0.5) is 0 Å². The zero-order valence-electron chi connectivity index (χ0n) is 7.06. The van der Waals surface area contributed by atoms with Gasteiger partial charge in [-0.3, -0.25) is 9.55 Å². The maximum absolute atomic E-state index is 10.2. The predicted molar refractivity (Wildman–Crippen MR) is 46.6 cm³/mol. The lowest BCUT2D eigenvalue weighted by Gasteiger charge is -2.06. The zero-order chi connectivity index (χ0) is 9.61. The first-order valence-corrected chi connectivity index (χ1v) is 4.89. The third-order valence-electron chi connectivity index (χ3n) is 0.886. The summed E-state index contributed by atoms with van der Waals surface area (Å²) >= 11 is 0. The summed E-state index contributed by atoms with van der Waals surface area (Å²) in [6.45, 7) is 0.0552. The summed E-state index contributed by atoms with van der Waals surface area (Å²) in [5.41, 5.74) is 2.70. The second kappa shape index (κ2) is 5.07. The molecule has 0 aromatic heterocycles. The Kier molecular flexibility index (Phi) is 4.79. The van der Waals surface area contributed by atoms with Gasteiger partial charge in [0.25, 0.3) is 10.1 Å². The number of nitrogens with one attached hydrogen (secondary N) is 1. The highest BCUT2D eigenvalue weighted by molar-refractivity contribution is 7.85. The average molecular weight is 195 g/mol. The Labute approximate surface area is 72.0 Å². The van der Waals surface area contributed by atoms with Gasteiger partial charge in [0.1, 0.15) is 0 Å². The van der Waals surface area contributed by atoms with Crippen molar-refractivity contribution in [1.82, 2.24) is 10.4 Å². The van der Waals surface area contributed by atoms with Crippen LogP contribution in [0.15, 0.2) is 4.99 Å². The number of rotatable bonds is 5. The van der Waals surface area contributed by atoms with Gasteiger partial charge in [-0.05, 0) is 0 Å². The molecule has 0 rings (SSSR count). The van der Waals surface area contributed by atoms with E-state index in [1.165, 1.54) is 6.34 Å². The van der Waals surface area contributed by atoms with Crippen molar-refractivity contribution in [2.45, 2.75) is 0 Å². The van der Waals surface area contributed by atoms with Crippen LogP contribution >= 0.6 is 0 Å². The molecule has 7 heteroatoms. The third-order valence-corrected chi connectivity index (χ3v) is 1.58. The quantitative estimate of drug-likeness (QED) is 0.254. The van der Waals surface area contributed by atoms with E-state index in [9.17, 15) is 8.42 Å². The number of aliphatic imine (C=N–C) groups is 1. The van der Waals surface area contributed by atoms with E-state index in [2.05, 4.69) is 10.4 Å². The van der Waals surface area contributed by atoms with Gasteiger partial charge in [-0.15, -0.1) is 0 Å². The molecular formula is C5H13N3O3S. The van der Waals surface area contributed by atoms with Crippen molar-refractivity contribution >= 4 is 16.5 Å². The van der Waals surface area contributed by atoms with E-state index in [0.717, 1.165) is 0 Å². The summed E-state index contributed by atoms with van der Waals surface area (Å²) in [6, 6.07) is 0. The molecule has 0 saturated heterocycles. The lowest BCUT2D eigenvalue weighted by Crippen LogP contribution is -2.28. The van der Waals surface area contributed by atoms with E-state index in [4.69, 9.17) is 4.55 Å². The monoisotopic (exact) mass is 195 g/mol. The van der Waals surface area contributed by atoms with Crippen LogP contribution in [0.25, 0.3) is 0 Å². The average Bonchev–Trinajstić information content (AvgIpc) is 1.83. The molecule has 0 aliphatic carbocycles. The van der Waals surface area contributed by atoms with Crippen LogP contribution in [0, 0.1) is 0 Å². The van der Waals surface area contributed by atoms with Crippen LogP contribution in [0.2, 0.25) is 0 Å². The van der Waals surface area contributed by atoms with Crippen molar-refractivity contribution in [1.29, 1.82) is 0 Å². The first-order chi connectivity index (χ1) is 5.42. The molecule has 2 N–H and O–H groups in total. The molecule has 0 saturated carbocycles. The summed E-state index contributed by atoms with van der Waals surface area (Å²) in [5, 5.41) is 1.65. The van der Waals surface area contributed by atoms with Crippen LogP contribution in [0.1, 0.15) is 0 Å². The fourth-order valence-corrected chi connectivity index (χ4v) is 0.725. The van der Waals surface area contributed by atoms with Crippen molar-refractivity contribution in [3.63, 3.8) is 0 Å². The first kappa shape index (κ1) is 11.3. The van der Waals surface area contributed by atoms with Crippen molar-refractivity contribution < 1.29 is 13.0 Å².